The Labute approximate surface area is 194 Å². The maximum atomic E-state index is 14.0. The molecular formula is C22H13BrClFN4OS. The van der Waals surface area contributed by atoms with Crippen molar-refractivity contribution in [2.75, 3.05) is 5.32 Å². The molecule has 0 saturated heterocycles. The number of nitrogens with zero attached hydrogens (tertiary/aromatic N) is 3. The highest BCUT2D eigenvalue weighted by Gasteiger charge is 2.41. The molecule has 31 heavy (non-hydrogen) atoms. The minimum absolute atomic E-state index is 0.227. The van der Waals surface area contributed by atoms with E-state index in [4.69, 9.17) is 16.3 Å². The zero-order valence-electron chi connectivity index (χ0n) is 15.7. The molecule has 0 bridgehead atoms. The van der Waals surface area contributed by atoms with E-state index in [0.717, 1.165) is 27.3 Å². The molecule has 0 fully saturated rings. The SMILES string of the molecule is Fc1ccc([C@@H]2Oc3ccc(Cl)cc3C3=C2[C@H](c2cccs2)n2ncnc2N3)cc1Br. The van der Waals surface area contributed by atoms with Gasteiger partial charge < -0.3 is 10.1 Å². The summed E-state index contributed by atoms with van der Waals surface area (Å²) in [6.07, 6.45) is 1.07. The van der Waals surface area contributed by atoms with Crippen LogP contribution in [-0.2, 0) is 0 Å². The molecule has 0 radical (unpaired) electrons. The number of thiophene rings is 1. The van der Waals surface area contributed by atoms with Gasteiger partial charge in [0.15, 0.2) is 0 Å². The molecule has 2 aliphatic heterocycles. The van der Waals surface area contributed by atoms with Crippen molar-refractivity contribution in [2.45, 2.75) is 12.1 Å². The minimum atomic E-state index is -0.461. The fourth-order valence-corrected chi connectivity index (χ4v) is 5.51. The number of nitrogens with one attached hydrogen (secondary N) is 1. The third-order valence-corrected chi connectivity index (χ3v) is 7.20. The van der Waals surface area contributed by atoms with Crippen LogP contribution in [0, 0.1) is 5.82 Å². The molecular weight excluding hydrogens is 503 g/mol. The lowest BCUT2D eigenvalue weighted by Gasteiger charge is -2.38. The second-order valence-electron chi connectivity index (χ2n) is 7.21. The first-order chi connectivity index (χ1) is 15.1. The third kappa shape index (κ3) is 3.01. The Bertz CT molecular complexity index is 1350. The average molecular weight is 516 g/mol. The van der Waals surface area contributed by atoms with E-state index in [1.807, 2.05) is 28.3 Å². The van der Waals surface area contributed by atoms with Crippen molar-refractivity contribution < 1.29 is 9.13 Å². The van der Waals surface area contributed by atoms with Gasteiger partial charge in [-0.1, -0.05) is 23.7 Å². The number of fused-ring (bicyclic) bond motifs is 3. The first kappa shape index (κ1) is 19.0. The van der Waals surface area contributed by atoms with E-state index in [9.17, 15) is 4.39 Å². The third-order valence-electron chi connectivity index (χ3n) is 5.44. The highest BCUT2D eigenvalue weighted by molar-refractivity contribution is 9.10. The van der Waals surface area contributed by atoms with Gasteiger partial charge in [-0.3, -0.25) is 0 Å². The minimum Gasteiger partial charge on any atom is -0.480 e. The molecule has 2 atom stereocenters. The van der Waals surface area contributed by atoms with Crippen LogP contribution in [0.5, 0.6) is 5.75 Å². The molecule has 2 aromatic carbocycles. The summed E-state index contributed by atoms with van der Waals surface area (Å²) < 4.78 is 22.7. The van der Waals surface area contributed by atoms with Crippen molar-refractivity contribution in [1.29, 1.82) is 0 Å². The van der Waals surface area contributed by atoms with Crippen molar-refractivity contribution in [1.82, 2.24) is 14.8 Å². The standard InChI is InChI=1S/C22H13BrClFN4OS/c23-14-8-11(3-5-15(14)25)21-18-19(13-9-12(24)4-6-16(13)30-21)28-22-26-10-27-29(22)20(18)17-2-1-7-31-17/h1-10,20-21H,(H,26,27,28)/t20-,21-/m0/s1. The van der Waals surface area contributed by atoms with Crippen LogP contribution in [0.3, 0.4) is 0 Å². The Morgan fingerprint density at radius 2 is 2.10 bits per heavy atom. The molecule has 0 amide bonds. The Balaban J connectivity index is 1.64. The van der Waals surface area contributed by atoms with Gasteiger partial charge in [0.05, 0.1) is 10.2 Å². The largest absolute Gasteiger partial charge is 0.480 e. The fraction of sp³-hybridized carbons (Fsp3) is 0.0909. The first-order valence-electron chi connectivity index (χ1n) is 9.45. The molecule has 6 rings (SSSR count). The summed E-state index contributed by atoms with van der Waals surface area (Å²) >= 11 is 11.3. The molecule has 4 aromatic rings. The van der Waals surface area contributed by atoms with Crippen LogP contribution in [-0.4, -0.2) is 14.8 Å². The van der Waals surface area contributed by atoms with Gasteiger partial charge in [-0.2, -0.15) is 10.1 Å². The van der Waals surface area contributed by atoms with E-state index in [1.165, 1.54) is 12.4 Å². The summed E-state index contributed by atoms with van der Waals surface area (Å²) in [5.41, 5.74) is 3.53. The molecule has 0 spiro atoms. The smallest absolute Gasteiger partial charge is 0.226 e. The molecule has 2 aromatic heterocycles. The molecule has 0 aliphatic carbocycles. The van der Waals surface area contributed by atoms with Crippen LogP contribution in [0.1, 0.15) is 28.1 Å². The van der Waals surface area contributed by atoms with Gasteiger partial charge in [-0.05, 0) is 63.3 Å². The van der Waals surface area contributed by atoms with E-state index in [2.05, 4.69) is 37.4 Å². The van der Waals surface area contributed by atoms with Crippen LogP contribution >= 0.6 is 38.9 Å². The maximum absolute atomic E-state index is 14.0. The molecule has 4 heterocycles. The first-order valence-corrected chi connectivity index (χ1v) is 11.5. The van der Waals surface area contributed by atoms with Gasteiger partial charge >= 0.3 is 0 Å². The number of benzene rings is 2. The van der Waals surface area contributed by atoms with Crippen molar-refractivity contribution in [3.05, 3.63) is 97.1 Å². The molecule has 9 heteroatoms. The lowest BCUT2D eigenvalue weighted by atomic mass is 9.87. The Hall–Kier alpha value is -2.68. The van der Waals surface area contributed by atoms with Crippen LogP contribution < -0.4 is 10.1 Å². The number of halogens is 3. The Morgan fingerprint density at radius 3 is 2.90 bits per heavy atom. The van der Waals surface area contributed by atoms with Gasteiger partial charge in [0.2, 0.25) is 5.95 Å². The monoisotopic (exact) mass is 514 g/mol. The molecule has 154 valence electrons. The molecule has 1 N–H and O–H groups in total. The summed E-state index contributed by atoms with van der Waals surface area (Å²) in [6.45, 7) is 0. The topological polar surface area (TPSA) is 52.0 Å². The van der Waals surface area contributed by atoms with Gasteiger partial charge in [0, 0.05) is 21.0 Å². The second kappa shape index (κ2) is 7.19. The number of hydrogen-bond donors (Lipinski definition) is 1. The molecule has 0 unspecified atom stereocenters. The van der Waals surface area contributed by atoms with Crippen molar-refractivity contribution in [3.63, 3.8) is 0 Å². The molecule has 5 nitrogen and oxygen atoms in total. The highest BCUT2D eigenvalue weighted by atomic mass is 79.9. The molecule has 0 saturated carbocycles. The lowest BCUT2D eigenvalue weighted by molar-refractivity contribution is 0.223. The van der Waals surface area contributed by atoms with E-state index < -0.39 is 6.10 Å². The summed E-state index contributed by atoms with van der Waals surface area (Å²) in [6, 6.07) is 14.3. The Morgan fingerprint density at radius 1 is 1.19 bits per heavy atom. The summed E-state index contributed by atoms with van der Waals surface area (Å²) in [5.74, 6) is 1.01. The normalized spacial score (nSPS) is 19.2. The maximum Gasteiger partial charge on any atom is 0.226 e. The van der Waals surface area contributed by atoms with Crippen molar-refractivity contribution in [3.8, 4) is 5.75 Å². The zero-order valence-corrected chi connectivity index (χ0v) is 18.9. The fourth-order valence-electron chi connectivity index (χ4n) is 4.11. The lowest BCUT2D eigenvalue weighted by Crippen LogP contribution is -2.32. The number of aromatic nitrogens is 3. The number of ether oxygens (including phenoxy) is 1. The van der Waals surface area contributed by atoms with Crippen LogP contribution in [0.15, 0.2) is 70.3 Å². The van der Waals surface area contributed by atoms with Crippen LogP contribution in [0.2, 0.25) is 5.02 Å². The number of rotatable bonds is 2. The summed E-state index contributed by atoms with van der Waals surface area (Å²) in [5, 5.41) is 10.6. The average Bonchev–Trinajstić information content (AvgIpc) is 3.46. The molecule has 2 aliphatic rings. The highest BCUT2D eigenvalue weighted by Crippen LogP contribution is 2.51. The van der Waals surface area contributed by atoms with Gasteiger partial charge in [0.1, 0.15) is 30.0 Å². The number of anilines is 1. The Kier molecular flexibility index (Phi) is 4.41. The quantitative estimate of drug-likeness (QED) is 0.333. The van der Waals surface area contributed by atoms with E-state index in [1.54, 1.807) is 29.5 Å². The van der Waals surface area contributed by atoms with Crippen LogP contribution in [0.4, 0.5) is 10.3 Å². The van der Waals surface area contributed by atoms with Crippen molar-refractivity contribution >= 4 is 50.5 Å². The predicted molar refractivity (Wildman–Crippen MR) is 122 cm³/mol. The van der Waals surface area contributed by atoms with E-state index >= 15 is 0 Å². The predicted octanol–water partition coefficient (Wildman–Crippen LogP) is 6.45. The van der Waals surface area contributed by atoms with Gasteiger partial charge in [0.25, 0.3) is 0 Å². The van der Waals surface area contributed by atoms with E-state index in [-0.39, 0.29) is 11.9 Å². The van der Waals surface area contributed by atoms with Crippen molar-refractivity contribution in [2.24, 2.45) is 0 Å². The number of hydrogen-bond acceptors (Lipinski definition) is 5. The van der Waals surface area contributed by atoms with Gasteiger partial charge in [-0.25, -0.2) is 9.07 Å². The second-order valence-corrected chi connectivity index (χ2v) is 9.48. The zero-order chi connectivity index (χ0) is 21.1. The van der Waals surface area contributed by atoms with Gasteiger partial charge in [-0.15, -0.1) is 11.3 Å². The summed E-state index contributed by atoms with van der Waals surface area (Å²) in [7, 11) is 0. The summed E-state index contributed by atoms with van der Waals surface area (Å²) in [4.78, 5) is 5.51. The van der Waals surface area contributed by atoms with E-state index in [0.29, 0.717) is 21.2 Å². The van der Waals surface area contributed by atoms with Crippen LogP contribution in [0.25, 0.3) is 5.70 Å².